The molecular weight excluding hydrogens is 292 g/mol. The van der Waals surface area contributed by atoms with Crippen LogP contribution in [-0.2, 0) is 11.8 Å². The predicted octanol–water partition coefficient (Wildman–Crippen LogP) is 3.03. The summed E-state index contributed by atoms with van der Waals surface area (Å²) < 4.78 is 6.35. The van der Waals surface area contributed by atoms with Crippen molar-refractivity contribution in [3.05, 3.63) is 52.3 Å². The Morgan fingerprint density at radius 2 is 2.00 bits per heavy atom. The summed E-state index contributed by atoms with van der Waals surface area (Å²) in [6, 6.07) is 6.70. The minimum atomic E-state index is -0.501. The maximum absolute atomic E-state index is 12.3. The lowest BCUT2D eigenvalue weighted by atomic mass is 10.1. The Balaban J connectivity index is 2.33. The first kappa shape index (κ1) is 15.1. The van der Waals surface area contributed by atoms with Gasteiger partial charge in [0.2, 0.25) is 0 Å². The van der Waals surface area contributed by atoms with Gasteiger partial charge in [0.1, 0.15) is 5.69 Å². The number of aromatic nitrogens is 1. The van der Waals surface area contributed by atoms with Gasteiger partial charge in [-0.25, -0.2) is 4.79 Å². The van der Waals surface area contributed by atoms with Crippen molar-refractivity contribution in [2.75, 3.05) is 12.4 Å². The molecule has 1 N–H and O–H groups in total. The first-order valence-corrected chi connectivity index (χ1v) is 6.62. The predicted molar refractivity (Wildman–Crippen MR) is 80.9 cm³/mol. The Bertz CT molecular complexity index is 707. The maximum atomic E-state index is 12.3. The molecule has 0 aliphatic carbocycles. The number of benzene rings is 1. The van der Waals surface area contributed by atoms with Gasteiger partial charge in [0.25, 0.3) is 5.91 Å². The van der Waals surface area contributed by atoms with Crippen molar-refractivity contribution in [2.24, 2.45) is 7.05 Å². The molecule has 0 saturated heterocycles. The highest BCUT2D eigenvalue weighted by atomic mass is 35.5. The number of methoxy groups -OCH3 is 1. The Morgan fingerprint density at radius 1 is 1.29 bits per heavy atom. The lowest BCUT2D eigenvalue weighted by molar-refractivity contribution is 0.0602. The number of nitrogens with one attached hydrogen (secondary N) is 1. The molecule has 21 heavy (non-hydrogen) atoms. The van der Waals surface area contributed by atoms with E-state index in [0.29, 0.717) is 22.0 Å². The summed E-state index contributed by atoms with van der Waals surface area (Å²) in [5, 5.41) is 3.18. The van der Waals surface area contributed by atoms with Gasteiger partial charge in [0, 0.05) is 13.2 Å². The third-order valence-electron chi connectivity index (χ3n) is 3.03. The maximum Gasteiger partial charge on any atom is 0.339 e. The van der Waals surface area contributed by atoms with E-state index in [1.165, 1.54) is 7.11 Å². The summed E-state index contributed by atoms with van der Waals surface area (Å²) in [5.74, 6) is -0.850. The highest BCUT2D eigenvalue weighted by molar-refractivity contribution is 6.31. The SMILES string of the molecule is COC(=O)c1cc(C)ccc1NC(=O)c1cc(Cl)cn1C. The number of halogens is 1. The highest BCUT2D eigenvalue weighted by Gasteiger charge is 2.17. The summed E-state index contributed by atoms with van der Waals surface area (Å²) in [5.41, 5.74) is 2.01. The third-order valence-corrected chi connectivity index (χ3v) is 3.24. The number of hydrogen-bond acceptors (Lipinski definition) is 3. The number of amides is 1. The van der Waals surface area contributed by atoms with Crippen LogP contribution in [0.3, 0.4) is 0 Å². The lowest BCUT2D eigenvalue weighted by Crippen LogP contribution is -2.18. The summed E-state index contributed by atoms with van der Waals surface area (Å²) >= 11 is 5.86. The molecule has 0 radical (unpaired) electrons. The van der Waals surface area contributed by atoms with Crippen LogP contribution in [0.4, 0.5) is 5.69 Å². The molecule has 6 heteroatoms. The fourth-order valence-electron chi connectivity index (χ4n) is 1.98. The molecule has 0 saturated carbocycles. The second-order valence-electron chi connectivity index (χ2n) is 4.65. The molecule has 0 bridgehead atoms. The number of carbonyl (C=O) groups is 2. The molecule has 1 heterocycles. The van der Waals surface area contributed by atoms with Crippen LogP contribution in [-0.4, -0.2) is 23.6 Å². The second-order valence-corrected chi connectivity index (χ2v) is 5.09. The summed E-state index contributed by atoms with van der Waals surface area (Å²) in [4.78, 5) is 24.0. The molecule has 110 valence electrons. The Kier molecular flexibility index (Phi) is 4.33. The van der Waals surface area contributed by atoms with Crippen molar-refractivity contribution in [1.29, 1.82) is 0 Å². The normalized spacial score (nSPS) is 10.3. The van der Waals surface area contributed by atoms with E-state index in [9.17, 15) is 9.59 Å². The van der Waals surface area contributed by atoms with Crippen molar-refractivity contribution in [1.82, 2.24) is 4.57 Å². The molecule has 0 spiro atoms. The topological polar surface area (TPSA) is 60.3 Å². The van der Waals surface area contributed by atoms with Gasteiger partial charge in [-0.05, 0) is 25.1 Å². The van der Waals surface area contributed by atoms with E-state index in [4.69, 9.17) is 16.3 Å². The molecule has 2 aromatic rings. The smallest absolute Gasteiger partial charge is 0.339 e. The van der Waals surface area contributed by atoms with Crippen LogP contribution in [0, 0.1) is 6.92 Å². The Morgan fingerprint density at radius 3 is 2.57 bits per heavy atom. The monoisotopic (exact) mass is 306 g/mol. The van der Waals surface area contributed by atoms with Crippen molar-refractivity contribution in [2.45, 2.75) is 6.92 Å². The minimum absolute atomic E-state index is 0.311. The van der Waals surface area contributed by atoms with Gasteiger partial charge in [0.15, 0.2) is 0 Å². The zero-order valence-corrected chi connectivity index (χ0v) is 12.7. The van der Waals surface area contributed by atoms with Gasteiger partial charge in [0.05, 0.1) is 23.4 Å². The molecule has 0 atom stereocenters. The number of aryl methyl sites for hydroxylation is 2. The zero-order chi connectivity index (χ0) is 15.6. The van der Waals surface area contributed by atoms with Crippen LogP contribution in [0.2, 0.25) is 5.02 Å². The fraction of sp³-hybridized carbons (Fsp3) is 0.200. The van der Waals surface area contributed by atoms with Gasteiger partial charge in [-0.3, -0.25) is 4.79 Å². The molecule has 0 aliphatic rings. The number of esters is 1. The van der Waals surface area contributed by atoms with Crippen LogP contribution >= 0.6 is 11.6 Å². The molecular formula is C15H15ClN2O3. The quantitative estimate of drug-likeness (QED) is 0.887. The van der Waals surface area contributed by atoms with Crippen LogP contribution < -0.4 is 5.32 Å². The summed E-state index contributed by atoms with van der Waals surface area (Å²) in [6.07, 6.45) is 1.63. The summed E-state index contributed by atoms with van der Waals surface area (Å²) in [7, 11) is 3.02. The molecule has 1 aromatic carbocycles. The van der Waals surface area contributed by atoms with Crippen molar-refractivity contribution >= 4 is 29.2 Å². The average Bonchev–Trinajstić information content (AvgIpc) is 2.78. The largest absolute Gasteiger partial charge is 0.465 e. The van der Waals surface area contributed by atoms with Gasteiger partial charge in [-0.2, -0.15) is 0 Å². The second kappa shape index (κ2) is 6.01. The fourth-order valence-corrected chi connectivity index (χ4v) is 2.23. The molecule has 2 rings (SSSR count). The van der Waals surface area contributed by atoms with Gasteiger partial charge in [-0.15, -0.1) is 0 Å². The average molecular weight is 307 g/mol. The van der Waals surface area contributed by atoms with E-state index in [0.717, 1.165) is 5.56 Å². The van der Waals surface area contributed by atoms with Crippen LogP contribution in [0.15, 0.2) is 30.5 Å². The van der Waals surface area contributed by atoms with E-state index in [-0.39, 0.29) is 5.91 Å². The van der Waals surface area contributed by atoms with E-state index >= 15 is 0 Å². The molecule has 5 nitrogen and oxygen atoms in total. The number of nitrogens with zero attached hydrogens (tertiary/aromatic N) is 1. The van der Waals surface area contributed by atoms with E-state index < -0.39 is 5.97 Å². The molecule has 0 fully saturated rings. The zero-order valence-electron chi connectivity index (χ0n) is 11.9. The molecule has 1 aromatic heterocycles. The Hall–Kier alpha value is -2.27. The van der Waals surface area contributed by atoms with Gasteiger partial charge < -0.3 is 14.6 Å². The van der Waals surface area contributed by atoms with Crippen LogP contribution in [0.25, 0.3) is 0 Å². The van der Waals surface area contributed by atoms with Crippen molar-refractivity contribution in [3.8, 4) is 0 Å². The third kappa shape index (κ3) is 3.25. The van der Waals surface area contributed by atoms with Crippen LogP contribution in [0.1, 0.15) is 26.4 Å². The number of ether oxygens (including phenoxy) is 1. The minimum Gasteiger partial charge on any atom is -0.465 e. The van der Waals surface area contributed by atoms with Crippen LogP contribution in [0.5, 0.6) is 0 Å². The standard InChI is InChI=1S/C15H15ClN2O3/c1-9-4-5-12(11(6-9)15(20)21-3)17-14(19)13-7-10(16)8-18(13)2/h4-8H,1-3H3,(H,17,19). The van der Waals surface area contributed by atoms with Crippen molar-refractivity contribution < 1.29 is 14.3 Å². The van der Waals surface area contributed by atoms with Gasteiger partial charge >= 0.3 is 5.97 Å². The Labute approximate surface area is 127 Å². The molecule has 0 unspecified atom stereocenters. The molecule has 0 aliphatic heterocycles. The van der Waals surface area contributed by atoms with E-state index in [2.05, 4.69) is 5.32 Å². The van der Waals surface area contributed by atoms with E-state index in [1.807, 2.05) is 6.92 Å². The van der Waals surface area contributed by atoms with Gasteiger partial charge in [-0.1, -0.05) is 23.2 Å². The van der Waals surface area contributed by atoms with Crippen molar-refractivity contribution in [3.63, 3.8) is 0 Å². The molecule has 1 amide bonds. The summed E-state index contributed by atoms with van der Waals surface area (Å²) in [6.45, 7) is 1.86. The lowest BCUT2D eigenvalue weighted by Gasteiger charge is -2.11. The first-order chi connectivity index (χ1) is 9.92. The number of carbonyl (C=O) groups excluding carboxylic acids is 2. The number of rotatable bonds is 3. The first-order valence-electron chi connectivity index (χ1n) is 6.24. The number of hydrogen-bond donors (Lipinski definition) is 1. The highest BCUT2D eigenvalue weighted by Crippen LogP contribution is 2.20. The van der Waals surface area contributed by atoms with E-state index in [1.54, 1.807) is 42.1 Å². The number of anilines is 1.